The summed E-state index contributed by atoms with van der Waals surface area (Å²) in [6.07, 6.45) is 1.02. The van der Waals surface area contributed by atoms with Crippen LogP contribution in [-0.2, 0) is 14.8 Å². The standard InChI is InChI=1S/C11H15ClN2O3S/c12-10-7-8(1-2-11(10)13)14-18(15,16)9-3-5-17-6-4-9/h1-2,7,9,14H,3-6,13H2. The molecule has 18 heavy (non-hydrogen) atoms. The number of sulfonamides is 1. The average molecular weight is 291 g/mol. The van der Waals surface area contributed by atoms with E-state index in [2.05, 4.69) is 4.72 Å². The maximum absolute atomic E-state index is 12.1. The van der Waals surface area contributed by atoms with Crippen LogP contribution in [0.3, 0.4) is 0 Å². The predicted octanol–water partition coefficient (Wildman–Crippen LogP) is 1.84. The second kappa shape index (κ2) is 5.34. The number of benzene rings is 1. The molecule has 0 spiro atoms. The van der Waals surface area contributed by atoms with Crippen LogP contribution in [0.5, 0.6) is 0 Å². The molecule has 0 aliphatic carbocycles. The van der Waals surface area contributed by atoms with Gasteiger partial charge >= 0.3 is 0 Å². The van der Waals surface area contributed by atoms with Crippen molar-refractivity contribution in [2.45, 2.75) is 18.1 Å². The number of halogens is 1. The third-order valence-electron chi connectivity index (χ3n) is 2.87. The van der Waals surface area contributed by atoms with Gasteiger partial charge in [-0.05, 0) is 31.0 Å². The molecule has 0 atom stereocenters. The third-order valence-corrected chi connectivity index (χ3v) is 5.06. The summed E-state index contributed by atoms with van der Waals surface area (Å²) in [5, 5.41) is -0.0789. The first-order chi connectivity index (χ1) is 8.49. The number of ether oxygens (including phenoxy) is 1. The first-order valence-corrected chi connectivity index (χ1v) is 7.56. The van der Waals surface area contributed by atoms with Crippen molar-refractivity contribution in [2.24, 2.45) is 0 Å². The Morgan fingerprint density at radius 1 is 1.33 bits per heavy atom. The average Bonchev–Trinajstić information content (AvgIpc) is 2.35. The lowest BCUT2D eigenvalue weighted by atomic mass is 10.2. The molecule has 1 heterocycles. The highest BCUT2D eigenvalue weighted by Crippen LogP contribution is 2.25. The second-order valence-electron chi connectivity index (χ2n) is 4.20. The molecule has 5 nitrogen and oxygen atoms in total. The summed E-state index contributed by atoms with van der Waals surface area (Å²) in [5.74, 6) is 0. The van der Waals surface area contributed by atoms with Crippen LogP contribution in [0.25, 0.3) is 0 Å². The zero-order valence-electron chi connectivity index (χ0n) is 9.73. The van der Waals surface area contributed by atoms with Crippen molar-refractivity contribution in [3.05, 3.63) is 23.2 Å². The van der Waals surface area contributed by atoms with Crippen molar-refractivity contribution in [3.8, 4) is 0 Å². The molecule has 1 aromatic rings. The molecule has 2 rings (SSSR count). The third kappa shape index (κ3) is 3.07. The largest absolute Gasteiger partial charge is 0.398 e. The van der Waals surface area contributed by atoms with E-state index in [4.69, 9.17) is 22.1 Å². The first kappa shape index (κ1) is 13.5. The van der Waals surface area contributed by atoms with Crippen molar-refractivity contribution >= 4 is 33.0 Å². The fraction of sp³-hybridized carbons (Fsp3) is 0.455. The molecular weight excluding hydrogens is 276 g/mol. The summed E-state index contributed by atoms with van der Waals surface area (Å²) in [4.78, 5) is 0. The molecule has 0 amide bonds. The number of hydrogen-bond acceptors (Lipinski definition) is 4. The highest BCUT2D eigenvalue weighted by Gasteiger charge is 2.27. The van der Waals surface area contributed by atoms with Gasteiger partial charge in [-0.1, -0.05) is 11.6 Å². The van der Waals surface area contributed by atoms with Gasteiger partial charge in [-0.3, -0.25) is 4.72 Å². The van der Waals surface area contributed by atoms with Gasteiger partial charge in [0, 0.05) is 13.2 Å². The van der Waals surface area contributed by atoms with E-state index in [1.807, 2.05) is 0 Å². The number of anilines is 2. The van der Waals surface area contributed by atoms with E-state index in [0.29, 0.717) is 42.5 Å². The maximum atomic E-state index is 12.1. The zero-order valence-corrected chi connectivity index (χ0v) is 11.3. The maximum Gasteiger partial charge on any atom is 0.235 e. The molecule has 3 N–H and O–H groups in total. The van der Waals surface area contributed by atoms with Gasteiger partial charge in [0.2, 0.25) is 10.0 Å². The Bertz CT molecular complexity index is 527. The summed E-state index contributed by atoms with van der Waals surface area (Å²) in [6.45, 7) is 0.960. The highest BCUT2D eigenvalue weighted by atomic mass is 35.5. The summed E-state index contributed by atoms with van der Waals surface area (Å²) < 4.78 is 31.9. The van der Waals surface area contributed by atoms with Crippen LogP contribution in [0, 0.1) is 0 Å². The second-order valence-corrected chi connectivity index (χ2v) is 6.56. The first-order valence-electron chi connectivity index (χ1n) is 5.63. The van der Waals surface area contributed by atoms with E-state index in [1.165, 1.54) is 6.07 Å². The fourth-order valence-electron chi connectivity index (χ4n) is 1.82. The van der Waals surface area contributed by atoms with Crippen LogP contribution in [0.4, 0.5) is 11.4 Å². The molecule has 1 aliphatic heterocycles. The molecule has 0 aromatic heterocycles. The molecule has 1 fully saturated rings. The molecule has 7 heteroatoms. The summed E-state index contributed by atoms with van der Waals surface area (Å²) in [5.41, 5.74) is 6.42. The van der Waals surface area contributed by atoms with E-state index in [1.54, 1.807) is 12.1 Å². The Morgan fingerprint density at radius 3 is 2.61 bits per heavy atom. The van der Waals surface area contributed by atoms with Crippen LogP contribution in [0.1, 0.15) is 12.8 Å². The monoisotopic (exact) mass is 290 g/mol. The minimum atomic E-state index is -3.40. The van der Waals surface area contributed by atoms with E-state index in [9.17, 15) is 8.42 Å². The van der Waals surface area contributed by atoms with Crippen LogP contribution >= 0.6 is 11.6 Å². The van der Waals surface area contributed by atoms with Gasteiger partial charge in [0.1, 0.15) is 0 Å². The Morgan fingerprint density at radius 2 is 2.00 bits per heavy atom. The lowest BCUT2D eigenvalue weighted by Crippen LogP contribution is -2.33. The van der Waals surface area contributed by atoms with Crippen molar-refractivity contribution < 1.29 is 13.2 Å². The Hall–Kier alpha value is -0.980. The minimum absolute atomic E-state index is 0.335. The molecule has 0 radical (unpaired) electrons. The van der Waals surface area contributed by atoms with E-state index in [-0.39, 0.29) is 0 Å². The molecule has 1 aliphatic rings. The van der Waals surface area contributed by atoms with E-state index in [0.717, 1.165) is 0 Å². The van der Waals surface area contributed by atoms with Gasteiger partial charge in [-0.25, -0.2) is 8.42 Å². The van der Waals surface area contributed by atoms with Gasteiger partial charge in [0.25, 0.3) is 0 Å². The molecule has 0 bridgehead atoms. The van der Waals surface area contributed by atoms with Crippen molar-refractivity contribution in [1.82, 2.24) is 0 Å². The summed E-state index contributed by atoms with van der Waals surface area (Å²) >= 11 is 5.85. The predicted molar refractivity (Wildman–Crippen MR) is 72.2 cm³/mol. The number of nitrogens with two attached hydrogens (primary N) is 1. The quantitative estimate of drug-likeness (QED) is 0.832. The van der Waals surface area contributed by atoms with Gasteiger partial charge in [0.05, 0.1) is 21.6 Å². The van der Waals surface area contributed by atoms with Gasteiger partial charge in [-0.15, -0.1) is 0 Å². The van der Waals surface area contributed by atoms with E-state index >= 15 is 0 Å². The minimum Gasteiger partial charge on any atom is -0.398 e. The highest BCUT2D eigenvalue weighted by molar-refractivity contribution is 7.93. The Labute approximate surface area is 111 Å². The van der Waals surface area contributed by atoms with Gasteiger partial charge < -0.3 is 10.5 Å². The lowest BCUT2D eigenvalue weighted by Gasteiger charge is -2.22. The number of rotatable bonds is 3. The SMILES string of the molecule is Nc1ccc(NS(=O)(=O)C2CCOCC2)cc1Cl. The van der Waals surface area contributed by atoms with Crippen molar-refractivity contribution in [1.29, 1.82) is 0 Å². The topological polar surface area (TPSA) is 81.4 Å². The van der Waals surface area contributed by atoms with Crippen LogP contribution < -0.4 is 10.5 Å². The molecule has 1 saturated heterocycles. The zero-order chi connectivity index (χ0) is 13.2. The molecule has 0 unspecified atom stereocenters. The number of hydrogen-bond donors (Lipinski definition) is 2. The van der Waals surface area contributed by atoms with Crippen LogP contribution in [0.15, 0.2) is 18.2 Å². The smallest absolute Gasteiger partial charge is 0.235 e. The number of nitrogen functional groups attached to an aromatic ring is 1. The van der Waals surface area contributed by atoms with Crippen LogP contribution in [0.2, 0.25) is 5.02 Å². The molecule has 0 saturated carbocycles. The molecule has 100 valence electrons. The van der Waals surface area contributed by atoms with Gasteiger partial charge in [0.15, 0.2) is 0 Å². The Balaban J connectivity index is 2.13. The fourth-order valence-corrected chi connectivity index (χ4v) is 3.44. The normalized spacial score (nSPS) is 17.6. The number of nitrogens with one attached hydrogen (secondary N) is 1. The summed E-state index contributed by atoms with van der Waals surface area (Å²) in [6, 6.07) is 4.68. The van der Waals surface area contributed by atoms with Crippen molar-refractivity contribution in [3.63, 3.8) is 0 Å². The summed E-state index contributed by atoms with van der Waals surface area (Å²) in [7, 11) is -3.40. The Kier molecular flexibility index (Phi) is 3.99. The van der Waals surface area contributed by atoms with Crippen molar-refractivity contribution in [2.75, 3.05) is 23.7 Å². The lowest BCUT2D eigenvalue weighted by molar-refractivity contribution is 0.0984. The molecule has 1 aromatic carbocycles. The van der Waals surface area contributed by atoms with E-state index < -0.39 is 15.3 Å². The van der Waals surface area contributed by atoms with Crippen LogP contribution in [-0.4, -0.2) is 26.9 Å². The van der Waals surface area contributed by atoms with Gasteiger partial charge in [-0.2, -0.15) is 0 Å². The molecular formula is C11H15ClN2O3S.